The fourth-order valence-electron chi connectivity index (χ4n) is 2.65. The lowest BCUT2D eigenvalue weighted by Gasteiger charge is -2.22. The Labute approximate surface area is 159 Å². The second kappa shape index (κ2) is 7.70. The van der Waals surface area contributed by atoms with Crippen molar-refractivity contribution in [2.75, 3.05) is 4.90 Å². The molecule has 0 atom stereocenters. The van der Waals surface area contributed by atoms with Gasteiger partial charge in [0.2, 0.25) is 0 Å². The maximum absolute atomic E-state index is 13.1. The lowest BCUT2D eigenvalue weighted by atomic mass is 10.1. The maximum Gasteiger partial charge on any atom is 0.277 e. The van der Waals surface area contributed by atoms with Gasteiger partial charge in [-0.1, -0.05) is 17.7 Å². The number of nitrogens with zero attached hydrogens (tertiary/aromatic N) is 3. The molecular formula is C19H15N3O6. The minimum absolute atomic E-state index is 0.0609. The van der Waals surface area contributed by atoms with Crippen molar-refractivity contribution in [1.29, 1.82) is 0 Å². The van der Waals surface area contributed by atoms with Gasteiger partial charge in [0.25, 0.3) is 17.3 Å². The molecule has 0 aliphatic carbocycles. The number of carbonyl (C=O) groups excluding carboxylic acids is 1. The molecule has 28 heavy (non-hydrogen) atoms. The fraction of sp³-hybridized carbons (Fsp3) is 0.105. The molecule has 9 nitrogen and oxygen atoms in total. The molecule has 1 aromatic heterocycles. The second-order valence-corrected chi connectivity index (χ2v) is 6.06. The molecule has 0 saturated carbocycles. The maximum atomic E-state index is 13.1. The van der Waals surface area contributed by atoms with Gasteiger partial charge in [-0.15, -0.1) is 0 Å². The van der Waals surface area contributed by atoms with Crippen LogP contribution in [-0.2, 0) is 6.54 Å². The van der Waals surface area contributed by atoms with E-state index in [4.69, 9.17) is 4.42 Å². The van der Waals surface area contributed by atoms with E-state index in [-0.39, 0.29) is 12.1 Å². The summed E-state index contributed by atoms with van der Waals surface area (Å²) in [5.41, 5.74) is 0.299. The molecule has 2 aromatic carbocycles. The molecule has 0 radical (unpaired) electrons. The van der Waals surface area contributed by atoms with Crippen molar-refractivity contribution in [2.24, 2.45) is 0 Å². The third kappa shape index (κ3) is 4.04. The van der Waals surface area contributed by atoms with Crippen LogP contribution in [0.15, 0.2) is 65.3 Å². The van der Waals surface area contributed by atoms with E-state index < -0.39 is 27.1 Å². The number of nitro benzene ring substituents is 2. The topological polar surface area (TPSA) is 120 Å². The Morgan fingerprint density at radius 1 is 1.00 bits per heavy atom. The average molecular weight is 381 g/mol. The normalized spacial score (nSPS) is 10.5. The highest BCUT2D eigenvalue weighted by Gasteiger charge is 2.25. The Morgan fingerprint density at radius 3 is 2.11 bits per heavy atom. The summed E-state index contributed by atoms with van der Waals surface area (Å²) in [6, 6.07) is 13.3. The molecule has 0 unspecified atom stereocenters. The lowest BCUT2D eigenvalue weighted by molar-refractivity contribution is -0.394. The number of rotatable bonds is 6. The van der Waals surface area contributed by atoms with Crippen LogP contribution in [0.25, 0.3) is 0 Å². The molecule has 142 valence electrons. The fourth-order valence-corrected chi connectivity index (χ4v) is 2.65. The van der Waals surface area contributed by atoms with Gasteiger partial charge >= 0.3 is 0 Å². The Morgan fingerprint density at radius 2 is 1.61 bits per heavy atom. The first-order chi connectivity index (χ1) is 13.3. The highest BCUT2D eigenvalue weighted by molar-refractivity contribution is 6.06. The smallest absolute Gasteiger partial charge is 0.277 e. The number of benzene rings is 2. The molecule has 0 saturated heterocycles. The number of amides is 1. The summed E-state index contributed by atoms with van der Waals surface area (Å²) in [5, 5.41) is 22.3. The van der Waals surface area contributed by atoms with Crippen LogP contribution in [0, 0.1) is 27.2 Å². The lowest BCUT2D eigenvalue weighted by Crippen LogP contribution is -2.30. The van der Waals surface area contributed by atoms with E-state index in [1.165, 1.54) is 11.2 Å². The van der Waals surface area contributed by atoms with E-state index in [1.54, 1.807) is 24.3 Å². The molecule has 3 rings (SSSR count). The Kier molecular flexibility index (Phi) is 5.16. The summed E-state index contributed by atoms with van der Waals surface area (Å²) in [6.07, 6.45) is 1.46. The van der Waals surface area contributed by atoms with Crippen LogP contribution in [-0.4, -0.2) is 15.8 Å². The van der Waals surface area contributed by atoms with Crippen LogP contribution in [0.3, 0.4) is 0 Å². The van der Waals surface area contributed by atoms with Crippen LogP contribution >= 0.6 is 0 Å². The van der Waals surface area contributed by atoms with Crippen LogP contribution in [0.5, 0.6) is 0 Å². The van der Waals surface area contributed by atoms with Gasteiger partial charge in [0, 0.05) is 17.8 Å². The first kappa shape index (κ1) is 18.8. The first-order valence-corrected chi connectivity index (χ1v) is 8.20. The van der Waals surface area contributed by atoms with Crippen LogP contribution < -0.4 is 4.90 Å². The molecule has 1 heterocycles. The van der Waals surface area contributed by atoms with Crippen molar-refractivity contribution in [3.8, 4) is 0 Å². The summed E-state index contributed by atoms with van der Waals surface area (Å²) < 4.78 is 5.31. The molecular weight excluding hydrogens is 366 g/mol. The molecule has 0 spiro atoms. The Bertz CT molecular complexity index is 996. The number of hydrogen-bond acceptors (Lipinski definition) is 6. The average Bonchev–Trinajstić information content (AvgIpc) is 3.19. The van der Waals surface area contributed by atoms with E-state index >= 15 is 0 Å². The molecule has 3 aromatic rings. The van der Waals surface area contributed by atoms with Crippen LogP contribution in [0.4, 0.5) is 17.1 Å². The van der Waals surface area contributed by atoms with Gasteiger partial charge in [-0.25, -0.2) is 0 Å². The first-order valence-electron chi connectivity index (χ1n) is 8.20. The number of non-ortho nitro benzene ring substituents is 2. The van der Waals surface area contributed by atoms with Crippen molar-refractivity contribution < 1.29 is 19.1 Å². The van der Waals surface area contributed by atoms with Crippen molar-refractivity contribution in [3.05, 3.63) is 98.0 Å². The van der Waals surface area contributed by atoms with Gasteiger partial charge < -0.3 is 9.32 Å². The van der Waals surface area contributed by atoms with Crippen molar-refractivity contribution in [1.82, 2.24) is 0 Å². The predicted molar refractivity (Wildman–Crippen MR) is 100 cm³/mol. The largest absolute Gasteiger partial charge is 0.467 e. The summed E-state index contributed by atoms with van der Waals surface area (Å²) in [7, 11) is 0. The summed E-state index contributed by atoms with van der Waals surface area (Å²) in [4.78, 5) is 35.2. The van der Waals surface area contributed by atoms with Gasteiger partial charge in [0.1, 0.15) is 5.76 Å². The van der Waals surface area contributed by atoms with E-state index in [1.807, 2.05) is 19.1 Å². The predicted octanol–water partition coefficient (Wildman–Crippen LogP) is 4.25. The molecule has 0 N–H and O–H groups in total. The minimum Gasteiger partial charge on any atom is -0.467 e. The van der Waals surface area contributed by atoms with Crippen LogP contribution in [0.2, 0.25) is 0 Å². The Hall–Kier alpha value is -4.01. The van der Waals surface area contributed by atoms with Gasteiger partial charge in [-0.3, -0.25) is 25.0 Å². The zero-order valence-corrected chi connectivity index (χ0v) is 14.8. The summed E-state index contributed by atoms with van der Waals surface area (Å²) in [6.45, 7) is 1.96. The van der Waals surface area contributed by atoms with Crippen molar-refractivity contribution >= 4 is 23.0 Å². The molecule has 0 fully saturated rings. The molecule has 0 aliphatic rings. The van der Waals surface area contributed by atoms with E-state index in [0.29, 0.717) is 11.4 Å². The van der Waals surface area contributed by atoms with Gasteiger partial charge in [0.15, 0.2) is 0 Å². The summed E-state index contributed by atoms with van der Waals surface area (Å²) in [5.74, 6) is -0.124. The quantitative estimate of drug-likeness (QED) is 0.465. The van der Waals surface area contributed by atoms with Gasteiger partial charge in [-0.2, -0.15) is 0 Å². The number of hydrogen-bond donors (Lipinski definition) is 0. The molecule has 9 heteroatoms. The highest BCUT2D eigenvalue weighted by Crippen LogP contribution is 2.26. The van der Waals surface area contributed by atoms with Crippen molar-refractivity contribution in [3.63, 3.8) is 0 Å². The number of nitro groups is 2. The molecule has 0 bridgehead atoms. The zero-order valence-electron chi connectivity index (χ0n) is 14.8. The monoisotopic (exact) mass is 381 g/mol. The third-order valence-electron chi connectivity index (χ3n) is 4.06. The van der Waals surface area contributed by atoms with Gasteiger partial charge in [0.05, 0.1) is 34.3 Å². The zero-order chi connectivity index (χ0) is 20.3. The molecule has 0 aliphatic heterocycles. The standard InChI is InChI=1S/C19H15N3O6/c1-13-4-6-15(7-5-13)20(12-18-3-2-8-28-18)19(23)14-9-16(21(24)25)11-17(10-14)22(26)27/h2-11H,12H2,1H3. The van der Waals surface area contributed by atoms with Gasteiger partial charge in [-0.05, 0) is 31.2 Å². The SMILES string of the molecule is Cc1ccc(N(Cc2ccco2)C(=O)c2cc([N+](=O)[O-])cc([N+](=O)[O-])c2)cc1. The van der Waals surface area contributed by atoms with Crippen molar-refractivity contribution in [2.45, 2.75) is 13.5 Å². The number of carbonyl (C=O) groups is 1. The van der Waals surface area contributed by atoms with E-state index in [2.05, 4.69) is 0 Å². The van der Waals surface area contributed by atoms with E-state index in [0.717, 1.165) is 23.8 Å². The number of furan rings is 1. The second-order valence-electron chi connectivity index (χ2n) is 6.06. The minimum atomic E-state index is -0.771. The van der Waals surface area contributed by atoms with E-state index in [9.17, 15) is 25.0 Å². The number of aryl methyl sites for hydroxylation is 1. The highest BCUT2D eigenvalue weighted by atomic mass is 16.6. The Balaban J connectivity index is 2.06. The number of anilines is 1. The third-order valence-corrected chi connectivity index (χ3v) is 4.06. The summed E-state index contributed by atoms with van der Waals surface area (Å²) >= 11 is 0. The molecule has 1 amide bonds. The van der Waals surface area contributed by atoms with Crippen LogP contribution in [0.1, 0.15) is 21.7 Å².